The zero-order chi connectivity index (χ0) is 14.7. The number of anilines is 1. The molecule has 0 radical (unpaired) electrons. The SMILES string of the molecule is O=C(Nc1ccncc1)c1cn[nH]c1-c1ccc(F)cc1. The second kappa shape index (κ2) is 5.54. The van der Waals surface area contributed by atoms with E-state index in [2.05, 4.69) is 20.5 Å². The van der Waals surface area contributed by atoms with Gasteiger partial charge in [-0.1, -0.05) is 0 Å². The second-order valence-corrected chi connectivity index (χ2v) is 4.36. The Labute approximate surface area is 119 Å². The number of benzene rings is 1. The minimum absolute atomic E-state index is 0.297. The standard InChI is InChI=1S/C15H11FN4O/c16-11-3-1-10(2-4-11)14-13(9-18-20-14)15(21)19-12-5-7-17-8-6-12/h1-9H,(H,18,20)(H,17,19,21). The molecule has 0 aliphatic rings. The van der Waals surface area contributed by atoms with E-state index < -0.39 is 0 Å². The summed E-state index contributed by atoms with van der Waals surface area (Å²) < 4.78 is 13.0. The fourth-order valence-electron chi connectivity index (χ4n) is 1.93. The van der Waals surface area contributed by atoms with E-state index in [4.69, 9.17) is 0 Å². The van der Waals surface area contributed by atoms with Gasteiger partial charge in [0.2, 0.25) is 0 Å². The van der Waals surface area contributed by atoms with Crippen LogP contribution in [0.4, 0.5) is 10.1 Å². The molecule has 2 aromatic heterocycles. The highest BCUT2D eigenvalue weighted by Gasteiger charge is 2.15. The summed E-state index contributed by atoms with van der Waals surface area (Å²) in [6, 6.07) is 9.23. The van der Waals surface area contributed by atoms with Crippen LogP contribution in [-0.4, -0.2) is 21.1 Å². The largest absolute Gasteiger partial charge is 0.322 e. The van der Waals surface area contributed by atoms with Gasteiger partial charge in [0, 0.05) is 23.6 Å². The quantitative estimate of drug-likeness (QED) is 0.776. The topological polar surface area (TPSA) is 70.7 Å². The molecule has 5 nitrogen and oxygen atoms in total. The first kappa shape index (κ1) is 13.0. The summed E-state index contributed by atoms with van der Waals surface area (Å²) in [5, 5.41) is 9.41. The maximum absolute atomic E-state index is 13.0. The summed E-state index contributed by atoms with van der Waals surface area (Å²) in [6.07, 6.45) is 4.62. The number of hydrogen-bond acceptors (Lipinski definition) is 3. The molecule has 0 saturated heterocycles. The smallest absolute Gasteiger partial charge is 0.259 e. The molecule has 0 aliphatic heterocycles. The molecule has 21 heavy (non-hydrogen) atoms. The molecule has 3 aromatic rings. The lowest BCUT2D eigenvalue weighted by Gasteiger charge is -2.05. The lowest BCUT2D eigenvalue weighted by atomic mass is 10.1. The highest BCUT2D eigenvalue weighted by atomic mass is 19.1. The monoisotopic (exact) mass is 282 g/mol. The predicted octanol–water partition coefficient (Wildman–Crippen LogP) is 2.86. The maximum Gasteiger partial charge on any atom is 0.259 e. The number of nitrogens with one attached hydrogen (secondary N) is 2. The highest BCUT2D eigenvalue weighted by molar-refractivity contribution is 6.07. The number of aromatic nitrogens is 3. The Kier molecular flexibility index (Phi) is 3.42. The van der Waals surface area contributed by atoms with Crippen LogP contribution in [0.2, 0.25) is 0 Å². The van der Waals surface area contributed by atoms with Gasteiger partial charge in [0.05, 0.1) is 17.5 Å². The molecule has 104 valence electrons. The van der Waals surface area contributed by atoms with E-state index >= 15 is 0 Å². The number of amides is 1. The lowest BCUT2D eigenvalue weighted by molar-refractivity contribution is 0.102. The third-order valence-corrected chi connectivity index (χ3v) is 2.96. The van der Waals surface area contributed by atoms with Crippen molar-refractivity contribution in [3.8, 4) is 11.3 Å². The van der Waals surface area contributed by atoms with Crippen LogP contribution in [0.25, 0.3) is 11.3 Å². The Morgan fingerprint density at radius 3 is 2.52 bits per heavy atom. The Bertz CT molecular complexity index is 753. The summed E-state index contributed by atoms with van der Waals surface area (Å²) >= 11 is 0. The van der Waals surface area contributed by atoms with Crippen molar-refractivity contribution < 1.29 is 9.18 Å². The van der Waals surface area contributed by atoms with Crippen molar-refractivity contribution >= 4 is 11.6 Å². The molecule has 0 atom stereocenters. The number of nitrogens with zero attached hydrogens (tertiary/aromatic N) is 2. The van der Waals surface area contributed by atoms with Gasteiger partial charge in [-0.25, -0.2) is 4.39 Å². The second-order valence-electron chi connectivity index (χ2n) is 4.36. The van der Waals surface area contributed by atoms with Crippen molar-refractivity contribution in [2.24, 2.45) is 0 Å². The van der Waals surface area contributed by atoms with Gasteiger partial charge >= 0.3 is 0 Å². The van der Waals surface area contributed by atoms with E-state index in [0.29, 0.717) is 22.5 Å². The van der Waals surface area contributed by atoms with Crippen molar-refractivity contribution in [1.82, 2.24) is 15.2 Å². The number of pyridine rings is 1. The van der Waals surface area contributed by atoms with Crippen LogP contribution in [0.5, 0.6) is 0 Å². The zero-order valence-corrected chi connectivity index (χ0v) is 10.9. The average Bonchev–Trinajstić information content (AvgIpc) is 2.98. The van der Waals surface area contributed by atoms with Crippen LogP contribution in [0.15, 0.2) is 55.0 Å². The van der Waals surface area contributed by atoms with Crippen LogP contribution in [0.3, 0.4) is 0 Å². The Morgan fingerprint density at radius 1 is 1.10 bits per heavy atom. The van der Waals surface area contributed by atoms with Crippen LogP contribution in [-0.2, 0) is 0 Å². The van der Waals surface area contributed by atoms with Crippen LogP contribution < -0.4 is 5.32 Å². The molecule has 6 heteroatoms. The van der Waals surface area contributed by atoms with Crippen molar-refractivity contribution in [3.05, 3.63) is 66.4 Å². The molecule has 2 N–H and O–H groups in total. The highest BCUT2D eigenvalue weighted by Crippen LogP contribution is 2.22. The number of H-pyrrole nitrogens is 1. The summed E-state index contributed by atoms with van der Waals surface area (Å²) in [5.41, 5.74) is 2.26. The first-order chi connectivity index (χ1) is 10.2. The minimum atomic E-state index is -0.332. The van der Waals surface area contributed by atoms with Gasteiger partial charge in [0.1, 0.15) is 5.82 Å². The molecule has 0 fully saturated rings. The van der Waals surface area contributed by atoms with Gasteiger partial charge < -0.3 is 5.32 Å². The molecule has 3 rings (SSSR count). The number of hydrogen-bond donors (Lipinski definition) is 2. The Morgan fingerprint density at radius 2 is 1.81 bits per heavy atom. The minimum Gasteiger partial charge on any atom is -0.322 e. The van der Waals surface area contributed by atoms with Crippen molar-refractivity contribution in [1.29, 1.82) is 0 Å². The first-order valence-corrected chi connectivity index (χ1v) is 6.25. The van der Waals surface area contributed by atoms with Crippen molar-refractivity contribution in [2.45, 2.75) is 0 Å². The number of carbonyl (C=O) groups is 1. The zero-order valence-electron chi connectivity index (χ0n) is 10.9. The molecule has 2 heterocycles. The number of rotatable bonds is 3. The van der Waals surface area contributed by atoms with Gasteiger partial charge in [-0.2, -0.15) is 5.10 Å². The van der Waals surface area contributed by atoms with Crippen molar-refractivity contribution in [2.75, 3.05) is 5.32 Å². The Balaban J connectivity index is 1.88. The van der Waals surface area contributed by atoms with Crippen LogP contribution in [0.1, 0.15) is 10.4 Å². The maximum atomic E-state index is 13.0. The number of halogens is 1. The molecular formula is C15H11FN4O. The van der Waals surface area contributed by atoms with Gasteiger partial charge in [0.15, 0.2) is 0 Å². The molecule has 0 saturated carbocycles. The molecule has 0 aliphatic carbocycles. The van der Waals surface area contributed by atoms with E-state index in [9.17, 15) is 9.18 Å². The predicted molar refractivity (Wildman–Crippen MR) is 76.2 cm³/mol. The molecular weight excluding hydrogens is 271 g/mol. The third kappa shape index (κ3) is 2.79. The van der Waals surface area contributed by atoms with E-state index in [0.717, 1.165) is 0 Å². The molecule has 0 spiro atoms. The summed E-state index contributed by atoms with van der Waals surface area (Å²) in [6.45, 7) is 0. The normalized spacial score (nSPS) is 10.3. The van der Waals surface area contributed by atoms with Crippen LogP contribution in [0, 0.1) is 5.82 Å². The van der Waals surface area contributed by atoms with Gasteiger partial charge in [-0.05, 0) is 36.4 Å². The molecule has 0 bridgehead atoms. The van der Waals surface area contributed by atoms with E-state index in [-0.39, 0.29) is 11.7 Å². The number of carbonyl (C=O) groups excluding carboxylic acids is 1. The Hall–Kier alpha value is -3.02. The van der Waals surface area contributed by atoms with E-state index in [1.54, 1.807) is 36.7 Å². The fourth-order valence-corrected chi connectivity index (χ4v) is 1.93. The summed E-state index contributed by atoms with van der Waals surface area (Å²) in [7, 11) is 0. The van der Waals surface area contributed by atoms with Crippen LogP contribution >= 0.6 is 0 Å². The molecule has 1 aromatic carbocycles. The fraction of sp³-hybridized carbons (Fsp3) is 0. The number of aromatic amines is 1. The lowest BCUT2D eigenvalue weighted by Crippen LogP contribution is -2.12. The average molecular weight is 282 g/mol. The van der Waals surface area contributed by atoms with Gasteiger partial charge in [-0.3, -0.25) is 14.9 Å². The molecule has 0 unspecified atom stereocenters. The van der Waals surface area contributed by atoms with E-state index in [1.165, 1.54) is 18.3 Å². The molecule has 1 amide bonds. The van der Waals surface area contributed by atoms with Crippen molar-refractivity contribution in [3.63, 3.8) is 0 Å². The van der Waals surface area contributed by atoms with Gasteiger partial charge in [-0.15, -0.1) is 0 Å². The third-order valence-electron chi connectivity index (χ3n) is 2.96. The van der Waals surface area contributed by atoms with Gasteiger partial charge in [0.25, 0.3) is 5.91 Å². The first-order valence-electron chi connectivity index (χ1n) is 6.25. The van der Waals surface area contributed by atoms with E-state index in [1.807, 2.05) is 0 Å². The summed E-state index contributed by atoms with van der Waals surface area (Å²) in [5.74, 6) is -0.629. The summed E-state index contributed by atoms with van der Waals surface area (Å²) in [4.78, 5) is 16.2.